The minimum absolute atomic E-state index is 0.0777. The van der Waals surface area contributed by atoms with Crippen molar-refractivity contribution in [1.82, 2.24) is 10.6 Å². The minimum atomic E-state index is -0.0777. The Morgan fingerprint density at radius 2 is 2.10 bits per heavy atom. The third kappa shape index (κ3) is 3.23. The first kappa shape index (κ1) is 14.1. The van der Waals surface area contributed by atoms with Gasteiger partial charge in [-0.3, -0.25) is 4.79 Å². The molecule has 108 valence electrons. The third-order valence-corrected chi connectivity index (χ3v) is 5.00. The molecule has 1 aliphatic carbocycles. The topological polar surface area (TPSA) is 41.1 Å². The molecule has 4 heteroatoms. The first-order valence-corrected chi connectivity index (χ1v) is 8.25. The molecule has 1 saturated heterocycles. The van der Waals surface area contributed by atoms with Crippen molar-refractivity contribution in [3.05, 3.63) is 34.3 Å². The van der Waals surface area contributed by atoms with E-state index in [9.17, 15) is 4.79 Å². The van der Waals surface area contributed by atoms with Crippen molar-refractivity contribution in [1.29, 1.82) is 0 Å². The van der Waals surface area contributed by atoms with Gasteiger partial charge in [0.2, 0.25) is 5.91 Å². The quantitative estimate of drug-likeness (QED) is 0.867. The number of amides is 1. The normalized spacial score (nSPS) is 23.6. The van der Waals surface area contributed by atoms with Crippen LogP contribution in [0.2, 0.25) is 0 Å². The van der Waals surface area contributed by atoms with Crippen molar-refractivity contribution < 1.29 is 4.79 Å². The maximum atomic E-state index is 12.2. The summed E-state index contributed by atoms with van der Waals surface area (Å²) in [6.07, 6.45) is 5.00. The predicted molar refractivity (Wildman–Crippen MR) is 83.4 cm³/mol. The second kappa shape index (κ2) is 5.86. The van der Waals surface area contributed by atoms with Crippen LogP contribution in [0, 0.1) is 5.92 Å². The van der Waals surface area contributed by atoms with E-state index in [-0.39, 0.29) is 11.4 Å². The maximum Gasteiger partial charge on any atom is 0.220 e. The number of rotatable bonds is 5. The summed E-state index contributed by atoms with van der Waals surface area (Å²) in [5, 5.41) is 6.60. The molecule has 3 nitrogen and oxygen atoms in total. The summed E-state index contributed by atoms with van der Waals surface area (Å²) < 4.78 is 1.08. The average Bonchev–Trinajstić information content (AvgIpc) is 3.03. The zero-order valence-corrected chi connectivity index (χ0v) is 13.2. The fraction of sp³-hybridized carbons (Fsp3) is 0.562. The van der Waals surface area contributed by atoms with Crippen LogP contribution in [0.4, 0.5) is 0 Å². The molecule has 1 atom stereocenters. The van der Waals surface area contributed by atoms with E-state index >= 15 is 0 Å². The van der Waals surface area contributed by atoms with Crippen molar-refractivity contribution in [3.63, 3.8) is 0 Å². The van der Waals surface area contributed by atoms with Crippen LogP contribution in [0.5, 0.6) is 0 Å². The van der Waals surface area contributed by atoms with Gasteiger partial charge in [0, 0.05) is 10.9 Å². The lowest BCUT2D eigenvalue weighted by molar-refractivity contribution is -0.122. The van der Waals surface area contributed by atoms with Crippen LogP contribution >= 0.6 is 15.9 Å². The first-order chi connectivity index (χ1) is 9.68. The van der Waals surface area contributed by atoms with Crippen LogP contribution in [-0.4, -0.2) is 19.0 Å². The highest BCUT2D eigenvalue weighted by molar-refractivity contribution is 9.10. The number of benzene rings is 1. The number of hydrogen-bond donors (Lipinski definition) is 2. The molecule has 1 aromatic carbocycles. The number of carbonyl (C=O) groups is 1. The summed E-state index contributed by atoms with van der Waals surface area (Å²) >= 11 is 3.45. The molecule has 0 spiro atoms. The molecule has 0 radical (unpaired) electrons. The molecule has 1 amide bonds. The molecule has 3 rings (SSSR count). The van der Waals surface area contributed by atoms with E-state index in [2.05, 4.69) is 38.7 Å². The molecule has 2 fully saturated rings. The first-order valence-electron chi connectivity index (χ1n) is 7.46. The molecule has 1 aromatic rings. The van der Waals surface area contributed by atoms with Crippen LogP contribution in [0.1, 0.15) is 37.7 Å². The van der Waals surface area contributed by atoms with E-state index in [0.717, 1.165) is 36.8 Å². The molecule has 1 unspecified atom stereocenters. The Balaban J connectivity index is 1.53. The second-order valence-electron chi connectivity index (χ2n) is 6.03. The van der Waals surface area contributed by atoms with Crippen molar-refractivity contribution in [2.75, 3.05) is 13.1 Å². The summed E-state index contributed by atoms with van der Waals surface area (Å²) in [7, 11) is 0. The van der Waals surface area contributed by atoms with Gasteiger partial charge in [-0.25, -0.2) is 0 Å². The van der Waals surface area contributed by atoms with Crippen molar-refractivity contribution in [3.8, 4) is 0 Å². The fourth-order valence-corrected chi connectivity index (χ4v) is 3.27. The van der Waals surface area contributed by atoms with Gasteiger partial charge < -0.3 is 10.6 Å². The predicted octanol–water partition coefficient (Wildman–Crippen LogP) is 2.94. The van der Waals surface area contributed by atoms with E-state index < -0.39 is 0 Å². The van der Waals surface area contributed by atoms with Crippen LogP contribution in [-0.2, 0) is 10.3 Å². The van der Waals surface area contributed by atoms with E-state index in [1.807, 2.05) is 12.1 Å². The molecular weight excluding hydrogens is 316 g/mol. The van der Waals surface area contributed by atoms with Gasteiger partial charge in [0.15, 0.2) is 0 Å². The minimum Gasteiger partial charge on any atom is -0.347 e. The van der Waals surface area contributed by atoms with Gasteiger partial charge in [0.25, 0.3) is 0 Å². The van der Waals surface area contributed by atoms with Gasteiger partial charge in [-0.2, -0.15) is 0 Å². The highest BCUT2D eigenvalue weighted by Crippen LogP contribution is 2.45. The molecule has 0 bridgehead atoms. The Kier molecular flexibility index (Phi) is 4.13. The van der Waals surface area contributed by atoms with Gasteiger partial charge in [0.05, 0.1) is 5.54 Å². The van der Waals surface area contributed by atoms with Gasteiger partial charge >= 0.3 is 0 Å². The lowest BCUT2D eigenvalue weighted by Crippen LogP contribution is -2.35. The number of carbonyl (C=O) groups excluding carboxylic acids is 1. The Morgan fingerprint density at radius 3 is 2.70 bits per heavy atom. The van der Waals surface area contributed by atoms with Crippen molar-refractivity contribution in [2.24, 2.45) is 5.92 Å². The molecule has 2 aliphatic rings. The summed E-state index contributed by atoms with van der Waals surface area (Å²) in [4.78, 5) is 12.2. The van der Waals surface area contributed by atoms with Gasteiger partial charge in [0.1, 0.15) is 0 Å². The van der Waals surface area contributed by atoms with E-state index in [0.29, 0.717) is 12.3 Å². The number of halogens is 1. The van der Waals surface area contributed by atoms with Crippen molar-refractivity contribution >= 4 is 21.8 Å². The van der Waals surface area contributed by atoms with E-state index in [1.165, 1.54) is 12.0 Å². The Bertz CT molecular complexity index is 476. The summed E-state index contributed by atoms with van der Waals surface area (Å²) in [5.41, 5.74) is 1.16. The largest absolute Gasteiger partial charge is 0.347 e. The highest BCUT2D eigenvalue weighted by Gasteiger charge is 2.45. The lowest BCUT2D eigenvalue weighted by Gasteiger charge is -2.18. The smallest absolute Gasteiger partial charge is 0.220 e. The Labute approximate surface area is 128 Å². The molecule has 1 saturated carbocycles. The summed E-state index contributed by atoms with van der Waals surface area (Å²) in [5.74, 6) is 0.890. The van der Waals surface area contributed by atoms with Gasteiger partial charge in [-0.1, -0.05) is 28.1 Å². The average molecular weight is 337 g/mol. The molecule has 2 N–H and O–H groups in total. The van der Waals surface area contributed by atoms with E-state index in [4.69, 9.17) is 0 Å². The summed E-state index contributed by atoms with van der Waals surface area (Å²) in [6, 6.07) is 8.31. The number of nitrogens with one attached hydrogen (secondary N) is 2. The Morgan fingerprint density at radius 1 is 1.35 bits per heavy atom. The highest BCUT2D eigenvalue weighted by atomic mass is 79.9. The molecule has 0 aromatic heterocycles. The molecule has 20 heavy (non-hydrogen) atoms. The maximum absolute atomic E-state index is 12.2. The fourth-order valence-electron chi connectivity index (χ4n) is 3.01. The third-order valence-electron chi connectivity index (χ3n) is 4.47. The van der Waals surface area contributed by atoms with E-state index in [1.54, 1.807) is 0 Å². The van der Waals surface area contributed by atoms with Crippen LogP contribution < -0.4 is 10.6 Å². The second-order valence-corrected chi connectivity index (χ2v) is 6.95. The Hall–Kier alpha value is -0.870. The van der Waals surface area contributed by atoms with Gasteiger partial charge in [-0.05, 0) is 62.4 Å². The monoisotopic (exact) mass is 336 g/mol. The molecule has 1 heterocycles. The molecule has 1 aliphatic heterocycles. The van der Waals surface area contributed by atoms with Crippen LogP contribution in [0.25, 0.3) is 0 Å². The van der Waals surface area contributed by atoms with Gasteiger partial charge in [-0.15, -0.1) is 0 Å². The van der Waals surface area contributed by atoms with Crippen molar-refractivity contribution in [2.45, 2.75) is 37.6 Å². The lowest BCUT2D eigenvalue weighted by atomic mass is 10.0. The van der Waals surface area contributed by atoms with Crippen LogP contribution in [0.3, 0.4) is 0 Å². The standard InChI is InChI=1S/C16H21BrN2O/c17-14-4-2-13(3-5-14)16(8-9-16)19-15(20)6-1-12-7-10-18-11-12/h2-5,12,18H,1,6-11H2,(H,19,20). The number of hydrogen-bond acceptors (Lipinski definition) is 2. The summed E-state index contributed by atoms with van der Waals surface area (Å²) in [6.45, 7) is 2.18. The van der Waals surface area contributed by atoms with Crippen LogP contribution in [0.15, 0.2) is 28.7 Å². The SMILES string of the molecule is O=C(CCC1CCNC1)NC1(c2ccc(Br)cc2)CC1. The zero-order chi connectivity index (χ0) is 14.0. The zero-order valence-electron chi connectivity index (χ0n) is 11.6. The molecular formula is C16H21BrN2O.